The zero-order valence-corrected chi connectivity index (χ0v) is 20.8. The standard InChI is InChI=1S/C25H36O5.C2H6/c1-6-21(26)15-29-23-11-7-19(8-12-23)25(4,5)20-9-13-24(14-10-20)30-17-22(27)16-28-18(2)3;1-2/h7-14,18,21-22,26-27H,6,15-17H2,1-5H3;1-2H3. The van der Waals surface area contributed by atoms with Crippen LogP contribution in [0.3, 0.4) is 0 Å². The average molecular weight is 447 g/mol. The molecule has 0 spiro atoms. The van der Waals surface area contributed by atoms with Crippen LogP contribution in [0.4, 0.5) is 0 Å². The van der Waals surface area contributed by atoms with Crippen molar-refractivity contribution in [3.63, 3.8) is 0 Å². The zero-order chi connectivity index (χ0) is 24.1. The molecule has 0 saturated carbocycles. The quantitative estimate of drug-likeness (QED) is 0.460. The van der Waals surface area contributed by atoms with Gasteiger partial charge in [-0.1, -0.05) is 58.9 Å². The van der Waals surface area contributed by atoms with E-state index in [1.54, 1.807) is 0 Å². The summed E-state index contributed by atoms with van der Waals surface area (Å²) in [6.45, 7) is 14.9. The van der Waals surface area contributed by atoms with Crippen LogP contribution in [-0.2, 0) is 10.2 Å². The van der Waals surface area contributed by atoms with Crippen LogP contribution < -0.4 is 9.47 Å². The lowest BCUT2D eigenvalue weighted by atomic mass is 9.78. The fourth-order valence-corrected chi connectivity index (χ4v) is 2.96. The third-order valence-electron chi connectivity index (χ3n) is 5.13. The summed E-state index contributed by atoms with van der Waals surface area (Å²) >= 11 is 0. The molecule has 0 bridgehead atoms. The summed E-state index contributed by atoms with van der Waals surface area (Å²) in [4.78, 5) is 0. The molecule has 0 saturated heterocycles. The Bertz CT molecular complexity index is 738. The molecule has 0 aliphatic rings. The molecule has 5 nitrogen and oxygen atoms in total. The molecule has 5 heteroatoms. The number of aliphatic hydroxyl groups is 2. The molecule has 180 valence electrons. The molecule has 0 aliphatic carbocycles. The van der Waals surface area contributed by atoms with E-state index in [-0.39, 0.29) is 24.7 Å². The lowest BCUT2D eigenvalue weighted by molar-refractivity contribution is -0.0122. The highest BCUT2D eigenvalue weighted by atomic mass is 16.5. The van der Waals surface area contributed by atoms with Crippen LogP contribution in [0.1, 0.15) is 66.0 Å². The molecule has 2 N–H and O–H groups in total. The van der Waals surface area contributed by atoms with Crippen molar-refractivity contribution in [1.29, 1.82) is 0 Å². The normalized spacial score (nSPS) is 13.2. The number of benzene rings is 2. The van der Waals surface area contributed by atoms with Crippen molar-refractivity contribution in [1.82, 2.24) is 0 Å². The average Bonchev–Trinajstić information content (AvgIpc) is 2.81. The highest BCUT2D eigenvalue weighted by Gasteiger charge is 2.23. The second-order valence-electron chi connectivity index (χ2n) is 8.39. The molecule has 2 aromatic carbocycles. The van der Waals surface area contributed by atoms with Gasteiger partial charge in [-0.25, -0.2) is 0 Å². The maximum absolute atomic E-state index is 9.92. The predicted molar refractivity (Wildman–Crippen MR) is 131 cm³/mol. The molecule has 0 fully saturated rings. The monoisotopic (exact) mass is 446 g/mol. The smallest absolute Gasteiger partial charge is 0.119 e. The summed E-state index contributed by atoms with van der Waals surface area (Å²) in [6.07, 6.45) is -0.326. The van der Waals surface area contributed by atoms with Gasteiger partial charge >= 0.3 is 0 Å². The summed E-state index contributed by atoms with van der Waals surface area (Å²) in [5, 5.41) is 19.6. The molecular weight excluding hydrogens is 404 g/mol. The van der Waals surface area contributed by atoms with Crippen molar-refractivity contribution in [2.24, 2.45) is 0 Å². The van der Waals surface area contributed by atoms with Gasteiger partial charge in [0.2, 0.25) is 0 Å². The lowest BCUT2D eigenvalue weighted by Crippen LogP contribution is -2.25. The third-order valence-corrected chi connectivity index (χ3v) is 5.13. The van der Waals surface area contributed by atoms with E-state index >= 15 is 0 Å². The molecule has 2 unspecified atom stereocenters. The molecule has 0 aromatic heterocycles. The minimum Gasteiger partial charge on any atom is -0.491 e. The van der Waals surface area contributed by atoms with Gasteiger partial charge in [-0.05, 0) is 55.7 Å². The lowest BCUT2D eigenvalue weighted by Gasteiger charge is -2.26. The number of hydrogen-bond acceptors (Lipinski definition) is 5. The molecule has 2 atom stereocenters. The van der Waals surface area contributed by atoms with Gasteiger partial charge in [-0.3, -0.25) is 0 Å². The van der Waals surface area contributed by atoms with Gasteiger partial charge in [-0.15, -0.1) is 0 Å². The molecular formula is C27H42O5. The summed E-state index contributed by atoms with van der Waals surface area (Å²) in [7, 11) is 0. The van der Waals surface area contributed by atoms with Gasteiger partial charge in [0.1, 0.15) is 30.8 Å². The van der Waals surface area contributed by atoms with E-state index in [4.69, 9.17) is 14.2 Å². The number of rotatable bonds is 12. The number of hydrogen-bond donors (Lipinski definition) is 2. The predicted octanol–water partition coefficient (Wildman–Crippen LogP) is 5.35. The fourth-order valence-electron chi connectivity index (χ4n) is 2.96. The van der Waals surface area contributed by atoms with Crippen molar-refractivity contribution in [2.75, 3.05) is 19.8 Å². The topological polar surface area (TPSA) is 68.2 Å². The van der Waals surface area contributed by atoms with E-state index in [2.05, 4.69) is 26.0 Å². The van der Waals surface area contributed by atoms with Gasteiger partial charge in [0.15, 0.2) is 0 Å². The first-order valence-electron chi connectivity index (χ1n) is 11.7. The van der Waals surface area contributed by atoms with E-state index in [1.165, 1.54) is 5.56 Å². The maximum atomic E-state index is 9.92. The van der Waals surface area contributed by atoms with Crippen LogP contribution in [0, 0.1) is 0 Å². The minimum atomic E-state index is -0.650. The van der Waals surface area contributed by atoms with E-state index in [1.807, 2.05) is 71.0 Å². The Morgan fingerprint density at radius 1 is 0.719 bits per heavy atom. The molecule has 0 aliphatic heterocycles. The number of aliphatic hydroxyl groups excluding tert-OH is 2. The van der Waals surface area contributed by atoms with Crippen LogP contribution in [-0.4, -0.2) is 48.3 Å². The first-order valence-corrected chi connectivity index (χ1v) is 11.7. The van der Waals surface area contributed by atoms with Gasteiger partial charge in [0.25, 0.3) is 0 Å². The van der Waals surface area contributed by atoms with Gasteiger partial charge in [0, 0.05) is 5.41 Å². The second-order valence-corrected chi connectivity index (χ2v) is 8.39. The van der Waals surface area contributed by atoms with Crippen molar-refractivity contribution >= 4 is 0 Å². The van der Waals surface area contributed by atoms with Crippen molar-refractivity contribution in [3.8, 4) is 11.5 Å². The summed E-state index contributed by atoms with van der Waals surface area (Å²) < 4.78 is 16.7. The molecule has 32 heavy (non-hydrogen) atoms. The Kier molecular flexibility index (Phi) is 12.4. The third kappa shape index (κ3) is 9.19. The Morgan fingerprint density at radius 2 is 1.12 bits per heavy atom. The molecule has 0 radical (unpaired) electrons. The highest BCUT2D eigenvalue weighted by Crippen LogP contribution is 2.33. The Morgan fingerprint density at radius 3 is 1.50 bits per heavy atom. The van der Waals surface area contributed by atoms with E-state index in [0.717, 1.165) is 17.1 Å². The maximum Gasteiger partial charge on any atom is 0.119 e. The van der Waals surface area contributed by atoms with Crippen molar-refractivity contribution < 1.29 is 24.4 Å². The number of ether oxygens (including phenoxy) is 3. The van der Waals surface area contributed by atoms with Crippen LogP contribution in [0.25, 0.3) is 0 Å². The second kappa shape index (κ2) is 14.1. The molecule has 2 rings (SSSR count). The van der Waals surface area contributed by atoms with E-state index in [0.29, 0.717) is 13.0 Å². The SMILES string of the molecule is CC.CCC(O)COc1ccc(C(C)(C)c2ccc(OCC(O)COC(C)C)cc2)cc1. The van der Waals surface area contributed by atoms with E-state index < -0.39 is 12.2 Å². The van der Waals surface area contributed by atoms with Crippen LogP contribution in [0.2, 0.25) is 0 Å². The first kappa shape index (κ1) is 28.0. The Hall–Kier alpha value is -2.08. The minimum absolute atomic E-state index is 0.0877. The van der Waals surface area contributed by atoms with E-state index in [9.17, 15) is 10.2 Å². The zero-order valence-electron chi connectivity index (χ0n) is 20.8. The van der Waals surface area contributed by atoms with Crippen molar-refractivity contribution in [2.45, 2.75) is 78.6 Å². The first-order chi connectivity index (χ1) is 15.2. The Labute approximate surface area is 194 Å². The summed E-state index contributed by atoms with van der Waals surface area (Å²) in [6, 6.07) is 16.0. The molecule has 0 amide bonds. The molecule has 0 heterocycles. The summed E-state index contributed by atoms with van der Waals surface area (Å²) in [5.74, 6) is 1.47. The van der Waals surface area contributed by atoms with Crippen LogP contribution in [0.15, 0.2) is 48.5 Å². The van der Waals surface area contributed by atoms with Gasteiger partial charge < -0.3 is 24.4 Å². The van der Waals surface area contributed by atoms with Crippen LogP contribution >= 0.6 is 0 Å². The largest absolute Gasteiger partial charge is 0.491 e. The Balaban J connectivity index is 0.00000249. The van der Waals surface area contributed by atoms with Gasteiger partial charge in [0.05, 0.1) is 18.8 Å². The highest BCUT2D eigenvalue weighted by molar-refractivity contribution is 5.41. The van der Waals surface area contributed by atoms with Crippen molar-refractivity contribution in [3.05, 3.63) is 59.7 Å². The fraction of sp³-hybridized carbons (Fsp3) is 0.556. The summed E-state index contributed by atoms with van der Waals surface area (Å²) in [5.41, 5.74) is 2.14. The van der Waals surface area contributed by atoms with Crippen LogP contribution in [0.5, 0.6) is 11.5 Å². The molecule has 2 aromatic rings. The van der Waals surface area contributed by atoms with Gasteiger partial charge in [-0.2, -0.15) is 0 Å².